The van der Waals surface area contributed by atoms with Crippen LogP contribution in [0.1, 0.15) is 26.3 Å². The number of benzene rings is 3. The third-order valence-electron chi connectivity index (χ3n) is 6.32. The molecule has 0 aliphatic heterocycles. The highest BCUT2D eigenvalue weighted by Crippen LogP contribution is 2.33. The Kier molecular flexibility index (Phi) is 4.54. The molecule has 0 saturated carbocycles. The Hall–Kier alpha value is -3.60. The molecule has 0 amide bonds. The molecule has 0 aliphatic rings. The molecule has 31 heavy (non-hydrogen) atoms. The van der Waals surface area contributed by atoms with Crippen LogP contribution >= 0.6 is 0 Å². The van der Waals surface area contributed by atoms with E-state index in [1.807, 2.05) is 48.5 Å². The Labute approximate surface area is 179 Å². The van der Waals surface area contributed by atoms with Crippen molar-refractivity contribution in [3.05, 3.63) is 74.5 Å². The van der Waals surface area contributed by atoms with Gasteiger partial charge in [-0.2, -0.15) is 0 Å². The monoisotopic (exact) mass is 411 g/mol. The third-order valence-corrected chi connectivity index (χ3v) is 6.32. The number of nitrogens with one attached hydrogen (secondary N) is 2. The molecule has 0 atom stereocenters. The lowest BCUT2D eigenvalue weighted by Gasteiger charge is -2.25. The molecule has 0 fully saturated rings. The van der Waals surface area contributed by atoms with Gasteiger partial charge in [-0.15, -0.1) is 0 Å². The Balaban J connectivity index is 2.09. The predicted octanol–water partition coefficient (Wildman–Crippen LogP) is 5.08. The van der Waals surface area contributed by atoms with E-state index < -0.39 is 0 Å². The Morgan fingerprint density at radius 3 is 2.19 bits per heavy atom. The van der Waals surface area contributed by atoms with Gasteiger partial charge in [0.2, 0.25) is 0 Å². The number of aryl methyl sites for hydroxylation is 1. The smallest absolute Gasteiger partial charge is 0.199 e. The zero-order valence-electron chi connectivity index (χ0n) is 18.0. The Morgan fingerprint density at radius 1 is 0.742 bits per heavy atom. The molecule has 0 unspecified atom stereocenters. The normalized spacial score (nSPS) is 11.7. The van der Waals surface area contributed by atoms with Crippen molar-refractivity contribution in [3.63, 3.8) is 0 Å². The first-order valence-electron chi connectivity index (χ1n) is 10.9. The molecule has 0 bridgehead atoms. The maximum atomic E-state index is 13.8. The number of aromatic nitrogens is 2. The molecule has 2 heterocycles. The standard InChI is InChI=1S/C26H25N3O2/c1-4-15-10-9-12-17-22(15)28-20-14-18-23(24(21(20)26(17)31)29(5-2)6-3)27-19-13-8-7-11-16(19)25(18)30/h7-14H,4-6H2,1-3H3,(H,27,30)(H,28,31). The fraction of sp³-hybridized carbons (Fsp3) is 0.231. The van der Waals surface area contributed by atoms with Crippen LogP contribution in [0.25, 0.3) is 43.6 Å². The molecule has 2 aromatic heterocycles. The molecule has 156 valence electrons. The first kappa shape index (κ1) is 19.4. The third kappa shape index (κ3) is 2.76. The lowest BCUT2D eigenvalue weighted by atomic mass is 10.0. The van der Waals surface area contributed by atoms with E-state index in [0.717, 1.165) is 47.3 Å². The van der Waals surface area contributed by atoms with E-state index in [2.05, 4.69) is 35.6 Å². The van der Waals surface area contributed by atoms with Crippen LogP contribution < -0.4 is 15.8 Å². The zero-order chi connectivity index (χ0) is 21.7. The lowest BCUT2D eigenvalue weighted by Crippen LogP contribution is -2.25. The van der Waals surface area contributed by atoms with Crippen molar-refractivity contribution in [3.8, 4) is 0 Å². The van der Waals surface area contributed by atoms with Crippen LogP contribution in [0.4, 0.5) is 5.69 Å². The first-order chi connectivity index (χ1) is 15.1. The number of fused-ring (bicyclic) bond motifs is 4. The minimum atomic E-state index is -0.0237. The van der Waals surface area contributed by atoms with Crippen LogP contribution in [0.5, 0.6) is 0 Å². The maximum absolute atomic E-state index is 13.8. The van der Waals surface area contributed by atoms with E-state index in [9.17, 15) is 9.59 Å². The molecular formula is C26H25N3O2. The van der Waals surface area contributed by atoms with Crippen molar-refractivity contribution in [1.29, 1.82) is 0 Å². The summed E-state index contributed by atoms with van der Waals surface area (Å²) in [5.41, 5.74) is 4.91. The van der Waals surface area contributed by atoms with Gasteiger partial charge in [-0.3, -0.25) is 9.59 Å². The fourth-order valence-electron chi connectivity index (χ4n) is 4.73. The minimum Gasteiger partial charge on any atom is -0.370 e. The van der Waals surface area contributed by atoms with Gasteiger partial charge in [0.15, 0.2) is 10.9 Å². The number of H-pyrrole nitrogens is 2. The van der Waals surface area contributed by atoms with Gasteiger partial charge in [0.1, 0.15) is 0 Å². The molecule has 5 rings (SSSR count). The average Bonchev–Trinajstić information content (AvgIpc) is 2.80. The summed E-state index contributed by atoms with van der Waals surface area (Å²) in [7, 11) is 0. The van der Waals surface area contributed by atoms with Crippen LogP contribution in [-0.4, -0.2) is 23.1 Å². The topological polar surface area (TPSA) is 69.0 Å². The highest BCUT2D eigenvalue weighted by Gasteiger charge is 2.20. The number of para-hydroxylation sites is 2. The van der Waals surface area contributed by atoms with Gasteiger partial charge in [-0.25, -0.2) is 0 Å². The summed E-state index contributed by atoms with van der Waals surface area (Å²) in [6, 6.07) is 15.2. The zero-order valence-corrected chi connectivity index (χ0v) is 18.0. The Morgan fingerprint density at radius 2 is 1.45 bits per heavy atom. The number of hydrogen-bond acceptors (Lipinski definition) is 3. The van der Waals surface area contributed by atoms with E-state index in [4.69, 9.17) is 0 Å². The van der Waals surface area contributed by atoms with Crippen molar-refractivity contribution in [2.45, 2.75) is 27.2 Å². The van der Waals surface area contributed by atoms with Gasteiger partial charge in [-0.05, 0) is 50.1 Å². The van der Waals surface area contributed by atoms with E-state index in [1.165, 1.54) is 0 Å². The van der Waals surface area contributed by atoms with Gasteiger partial charge >= 0.3 is 0 Å². The van der Waals surface area contributed by atoms with Crippen LogP contribution in [-0.2, 0) is 6.42 Å². The molecule has 5 nitrogen and oxygen atoms in total. The molecule has 0 aliphatic carbocycles. The number of anilines is 1. The summed E-state index contributed by atoms with van der Waals surface area (Å²) in [6.07, 6.45) is 0.820. The SMILES string of the molecule is CCc1cccc2c(=O)c3c(N(CC)CC)c4[nH]c5ccccc5c(=O)c4cc3[nH]c12. The van der Waals surface area contributed by atoms with Crippen molar-refractivity contribution in [1.82, 2.24) is 9.97 Å². The van der Waals surface area contributed by atoms with Crippen LogP contribution in [0.2, 0.25) is 0 Å². The minimum absolute atomic E-state index is 0.00291. The van der Waals surface area contributed by atoms with Gasteiger partial charge in [-0.1, -0.05) is 31.2 Å². The van der Waals surface area contributed by atoms with E-state index in [1.54, 1.807) is 0 Å². The van der Waals surface area contributed by atoms with Gasteiger partial charge in [0, 0.05) is 29.4 Å². The van der Waals surface area contributed by atoms with Gasteiger partial charge in [0.05, 0.1) is 33.0 Å². The van der Waals surface area contributed by atoms with Gasteiger partial charge in [0.25, 0.3) is 0 Å². The highest BCUT2D eigenvalue weighted by molar-refractivity contribution is 6.13. The second-order valence-electron chi connectivity index (χ2n) is 7.89. The first-order valence-corrected chi connectivity index (χ1v) is 10.9. The van der Waals surface area contributed by atoms with E-state index in [0.29, 0.717) is 27.1 Å². The number of hydrogen-bond donors (Lipinski definition) is 2. The summed E-state index contributed by atoms with van der Waals surface area (Å²) in [5, 5.41) is 2.56. The van der Waals surface area contributed by atoms with Crippen LogP contribution in [0.3, 0.4) is 0 Å². The largest absolute Gasteiger partial charge is 0.370 e. The summed E-state index contributed by atoms with van der Waals surface area (Å²) in [6.45, 7) is 7.67. The molecular weight excluding hydrogens is 386 g/mol. The molecule has 2 N–H and O–H groups in total. The highest BCUT2D eigenvalue weighted by atomic mass is 16.1. The molecule has 5 heteroatoms. The van der Waals surface area contributed by atoms with Crippen LogP contribution in [0, 0.1) is 0 Å². The second-order valence-corrected chi connectivity index (χ2v) is 7.89. The fourth-order valence-corrected chi connectivity index (χ4v) is 4.73. The van der Waals surface area contributed by atoms with Crippen LogP contribution in [0.15, 0.2) is 58.1 Å². The van der Waals surface area contributed by atoms with Crippen molar-refractivity contribution >= 4 is 49.3 Å². The summed E-state index contributed by atoms with van der Waals surface area (Å²) >= 11 is 0. The van der Waals surface area contributed by atoms with E-state index in [-0.39, 0.29) is 10.9 Å². The van der Waals surface area contributed by atoms with E-state index >= 15 is 0 Å². The number of nitrogens with zero attached hydrogens (tertiary/aromatic N) is 1. The predicted molar refractivity (Wildman–Crippen MR) is 131 cm³/mol. The van der Waals surface area contributed by atoms with Crippen molar-refractivity contribution < 1.29 is 0 Å². The quantitative estimate of drug-likeness (QED) is 0.405. The summed E-state index contributed by atoms with van der Waals surface area (Å²) < 4.78 is 0. The molecule has 0 saturated heterocycles. The number of aromatic amines is 2. The Bertz CT molecular complexity index is 1590. The summed E-state index contributed by atoms with van der Waals surface area (Å²) in [4.78, 5) is 36.3. The lowest BCUT2D eigenvalue weighted by molar-refractivity contribution is 0.873. The number of rotatable bonds is 4. The molecule has 3 aromatic carbocycles. The molecule has 0 radical (unpaired) electrons. The van der Waals surface area contributed by atoms with Gasteiger partial charge < -0.3 is 14.9 Å². The maximum Gasteiger partial charge on any atom is 0.199 e. The second kappa shape index (κ2) is 7.27. The molecule has 5 aromatic rings. The average molecular weight is 412 g/mol. The number of pyridine rings is 2. The summed E-state index contributed by atoms with van der Waals surface area (Å²) in [5.74, 6) is 0. The van der Waals surface area contributed by atoms with Crippen molar-refractivity contribution in [2.75, 3.05) is 18.0 Å². The molecule has 0 spiro atoms. The van der Waals surface area contributed by atoms with Crippen molar-refractivity contribution in [2.24, 2.45) is 0 Å².